The smallest absolute Gasteiger partial charge is 0.326 e. The zero-order valence-corrected chi connectivity index (χ0v) is 32.7. The summed E-state index contributed by atoms with van der Waals surface area (Å²) >= 11 is 0. The molecule has 18 N–H and O–H groups in total. The second-order valence-corrected chi connectivity index (χ2v) is 13.8. The van der Waals surface area contributed by atoms with Gasteiger partial charge in [0, 0.05) is 17.7 Å². The fourth-order valence-electron chi connectivity index (χ4n) is 5.53. The maximum atomic E-state index is 13.4. The fourth-order valence-corrected chi connectivity index (χ4v) is 5.53. The largest absolute Gasteiger partial charge is 0.481 e. The minimum absolute atomic E-state index is 0.00832. The predicted octanol–water partition coefficient (Wildman–Crippen LogP) is -7.03. The van der Waals surface area contributed by atoms with Gasteiger partial charge in [-0.25, -0.2) is 14.8 Å². The Balaban J connectivity index is 1.68. The van der Waals surface area contributed by atoms with Crippen molar-refractivity contribution < 1.29 is 79.8 Å². The number of aliphatic carboxylic acids is 2. The molecule has 2 aromatic heterocycles. The summed E-state index contributed by atoms with van der Waals surface area (Å²) in [6, 6.07) is -1.88. The minimum Gasteiger partial charge on any atom is -0.481 e. The summed E-state index contributed by atoms with van der Waals surface area (Å²) in [5, 5.41) is 110. The van der Waals surface area contributed by atoms with Crippen molar-refractivity contribution in [3.05, 3.63) is 52.1 Å². The van der Waals surface area contributed by atoms with Crippen LogP contribution in [-0.4, -0.2) is 181 Å². The summed E-state index contributed by atoms with van der Waals surface area (Å²) in [6.45, 7) is -0.922. The zero-order valence-electron chi connectivity index (χ0n) is 32.7. The Morgan fingerprint density at radius 2 is 1.39 bits per heavy atom. The molecule has 27 heteroatoms. The number of nitrogens with one attached hydrogen (secondary N) is 6. The second-order valence-electron chi connectivity index (χ2n) is 13.8. The number of aromatic amines is 1. The minimum atomic E-state index is -2.46. The van der Waals surface area contributed by atoms with Crippen LogP contribution in [0.4, 0.5) is 11.6 Å². The Bertz CT molecular complexity index is 2110. The van der Waals surface area contributed by atoms with E-state index in [4.69, 9.17) is 10.8 Å². The number of carbonyl (C=O) groups is 6. The molecule has 4 amide bonds. The number of nitrogen functional groups attached to an aromatic ring is 1. The summed E-state index contributed by atoms with van der Waals surface area (Å²) in [5.41, 5.74) is 5.77. The molecule has 0 aliphatic heterocycles. The van der Waals surface area contributed by atoms with Gasteiger partial charge in [0.15, 0.2) is 11.2 Å². The first-order valence-electron chi connectivity index (χ1n) is 18.5. The molecule has 3 aromatic rings. The third-order valence-corrected chi connectivity index (χ3v) is 9.07. The van der Waals surface area contributed by atoms with Crippen LogP contribution in [0.2, 0.25) is 0 Å². The van der Waals surface area contributed by atoms with Gasteiger partial charge in [-0.15, -0.1) is 0 Å². The lowest BCUT2D eigenvalue weighted by atomic mass is 9.99. The molecule has 0 radical (unpaired) electrons. The number of hydrogen-bond donors (Lipinski definition) is 17. The van der Waals surface area contributed by atoms with E-state index in [2.05, 4.69) is 35.9 Å². The number of hydrogen-bond acceptors (Lipinski definition) is 20. The summed E-state index contributed by atoms with van der Waals surface area (Å²) < 4.78 is 0. The van der Waals surface area contributed by atoms with E-state index in [9.17, 15) is 79.5 Å². The monoisotopic (exact) mass is 880 g/mol. The van der Waals surface area contributed by atoms with Crippen molar-refractivity contribution in [1.82, 2.24) is 41.2 Å². The average molecular weight is 881 g/mol. The highest BCUT2D eigenvalue weighted by molar-refractivity contribution is 5.97. The first-order chi connectivity index (χ1) is 29.2. The molecule has 62 heavy (non-hydrogen) atoms. The Morgan fingerprint density at radius 3 is 1.97 bits per heavy atom. The van der Waals surface area contributed by atoms with Gasteiger partial charge in [0.25, 0.3) is 11.5 Å². The second kappa shape index (κ2) is 22.9. The summed E-state index contributed by atoms with van der Waals surface area (Å²) in [5.74, 6) is -8.30. The molecule has 2 heterocycles. The van der Waals surface area contributed by atoms with Gasteiger partial charge in [-0.3, -0.25) is 33.8 Å². The number of carboxylic acids is 2. The van der Waals surface area contributed by atoms with Gasteiger partial charge >= 0.3 is 11.9 Å². The van der Waals surface area contributed by atoms with E-state index in [0.717, 1.165) is 6.92 Å². The Kier molecular flexibility index (Phi) is 18.5. The number of benzene rings is 1. The summed E-state index contributed by atoms with van der Waals surface area (Å²) in [6.07, 6.45) is -13.8. The quantitative estimate of drug-likeness (QED) is 0.0397. The molecular weight excluding hydrogens is 832 g/mol. The van der Waals surface area contributed by atoms with Gasteiger partial charge < -0.3 is 83.4 Å². The van der Waals surface area contributed by atoms with Crippen LogP contribution in [0, 0.1) is 0 Å². The molecule has 1 unspecified atom stereocenters. The zero-order chi connectivity index (χ0) is 46.4. The van der Waals surface area contributed by atoms with Crippen LogP contribution in [0.25, 0.3) is 11.2 Å². The number of H-pyrrole nitrogens is 1. The SMILES string of the molecule is C[C@@H](NC(=O)[C@H](CC(=O)O)NC(=O)[C@@H](NC(=O)CCC(NC(=O)c1ccc(NCc2cnc3nc(N)[nH]c(=O)c3n2)cc1)C(=O)O)[C@@H](O)[C@H](O)[C@H](O)CO)[C@@H](O)[C@H](O)[C@H](O)CO. The van der Waals surface area contributed by atoms with Crippen molar-refractivity contribution in [2.24, 2.45) is 0 Å². The molecule has 1 aromatic carbocycles. The maximum absolute atomic E-state index is 13.4. The van der Waals surface area contributed by atoms with E-state index in [1.54, 1.807) is 0 Å². The standard InChI is InChI=1S/C35H48N10O17/c1-13(25(53)26(54)19(48)11-46)39-31(58)18(8-22(51)52)42-32(59)23(28(56)27(55)20(49)12-47)43-21(50)7-6-17(34(61)62)41-30(57)14-2-4-15(5-3-14)37-9-16-10-38-29-24(40-16)33(60)45-35(36)44-29/h2-5,10,13,17-20,23,25-28,37,46-49,53-56H,6-9,11-12H2,1H3,(H,39,58)(H,41,57)(H,42,59)(H,43,50)(H,51,52)(H,61,62)(H3,36,38,44,45,60)/t13-,17?,18+,19-,20-,23+,25-,26-,27-,28-/m1/s1. The third-order valence-electron chi connectivity index (χ3n) is 9.07. The van der Waals surface area contributed by atoms with E-state index in [1.807, 2.05) is 10.6 Å². The Hall–Kier alpha value is -6.46. The maximum Gasteiger partial charge on any atom is 0.326 e. The van der Waals surface area contributed by atoms with Crippen LogP contribution in [0.5, 0.6) is 0 Å². The molecule has 340 valence electrons. The molecule has 27 nitrogen and oxygen atoms in total. The van der Waals surface area contributed by atoms with Crippen molar-refractivity contribution in [3.63, 3.8) is 0 Å². The number of carboxylic acid groups (broad SMARTS) is 2. The first kappa shape index (κ1) is 49.9. The topological polar surface area (TPSA) is 462 Å². The number of aliphatic hydroxyl groups is 8. The number of rotatable bonds is 24. The molecule has 0 saturated carbocycles. The summed E-state index contributed by atoms with van der Waals surface area (Å²) in [4.78, 5) is 103. The number of fused-ring (bicyclic) bond motifs is 1. The van der Waals surface area contributed by atoms with Crippen LogP contribution < -0.4 is 37.9 Å². The molecule has 0 fully saturated rings. The van der Waals surface area contributed by atoms with E-state index < -0.39 is 134 Å². The van der Waals surface area contributed by atoms with Crippen LogP contribution in [0.15, 0.2) is 35.3 Å². The van der Waals surface area contributed by atoms with Gasteiger partial charge in [0.05, 0.1) is 44.1 Å². The fraction of sp³-hybridized carbons (Fsp3) is 0.486. The lowest BCUT2D eigenvalue weighted by Gasteiger charge is -2.31. The van der Waals surface area contributed by atoms with Crippen molar-refractivity contribution in [3.8, 4) is 0 Å². The molecular formula is C35H48N10O17. The van der Waals surface area contributed by atoms with Gasteiger partial charge in [-0.1, -0.05) is 0 Å². The van der Waals surface area contributed by atoms with Crippen molar-refractivity contribution >= 4 is 58.4 Å². The van der Waals surface area contributed by atoms with Crippen molar-refractivity contribution in [2.75, 3.05) is 24.3 Å². The molecule has 10 atom stereocenters. The van der Waals surface area contributed by atoms with Crippen molar-refractivity contribution in [2.45, 2.75) is 93.5 Å². The third kappa shape index (κ3) is 14.1. The van der Waals surface area contributed by atoms with Crippen LogP contribution in [0.1, 0.15) is 42.2 Å². The van der Waals surface area contributed by atoms with Crippen LogP contribution in [-0.2, 0) is 30.5 Å². The molecule has 0 bridgehead atoms. The Morgan fingerprint density at radius 1 is 0.774 bits per heavy atom. The molecule has 0 saturated heterocycles. The lowest BCUT2D eigenvalue weighted by Crippen LogP contribution is -2.62. The van der Waals surface area contributed by atoms with Gasteiger partial charge in [0.2, 0.25) is 23.7 Å². The first-order valence-corrected chi connectivity index (χ1v) is 18.5. The van der Waals surface area contributed by atoms with Gasteiger partial charge in [-0.2, -0.15) is 4.98 Å². The van der Waals surface area contributed by atoms with E-state index in [-0.39, 0.29) is 29.2 Å². The molecule has 0 aliphatic rings. The lowest BCUT2D eigenvalue weighted by molar-refractivity contribution is -0.144. The number of nitrogens with zero attached hydrogens (tertiary/aromatic N) is 3. The number of anilines is 2. The molecule has 0 spiro atoms. The molecule has 3 rings (SSSR count). The normalized spacial score (nSPS) is 16.2. The van der Waals surface area contributed by atoms with E-state index in [0.29, 0.717) is 11.4 Å². The number of aromatic nitrogens is 4. The van der Waals surface area contributed by atoms with Crippen LogP contribution >= 0.6 is 0 Å². The van der Waals surface area contributed by atoms with Crippen molar-refractivity contribution in [1.29, 1.82) is 0 Å². The predicted molar refractivity (Wildman–Crippen MR) is 208 cm³/mol. The highest BCUT2D eigenvalue weighted by Crippen LogP contribution is 2.14. The van der Waals surface area contributed by atoms with E-state index in [1.165, 1.54) is 30.5 Å². The molecule has 0 aliphatic carbocycles. The number of carbonyl (C=O) groups excluding carboxylic acids is 4. The van der Waals surface area contributed by atoms with E-state index >= 15 is 0 Å². The number of aliphatic hydroxyl groups excluding tert-OH is 8. The number of amides is 4. The average Bonchev–Trinajstić information content (AvgIpc) is 3.23. The Labute approximate surface area is 349 Å². The highest BCUT2D eigenvalue weighted by atomic mass is 16.4. The van der Waals surface area contributed by atoms with Gasteiger partial charge in [-0.05, 0) is 37.6 Å². The van der Waals surface area contributed by atoms with Gasteiger partial charge in [0.1, 0.15) is 54.7 Å². The summed E-state index contributed by atoms with van der Waals surface area (Å²) in [7, 11) is 0. The number of nitrogens with two attached hydrogens (primary N) is 1. The highest BCUT2D eigenvalue weighted by Gasteiger charge is 2.39. The van der Waals surface area contributed by atoms with Crippen LogP contribution in [0.3, 0.4) is 0 Å².